The van der Waals surface area contributed by atoms with Crippen LogP contribution < -0.4 is 10.9 Å². The van der Waals surface area contributed by atoms with Gasteiger partial charge in [-0.1, -0.05) is 0 Å². The molecule has 0 amide bonds. The average Bonchev–Trinajstić information content (AvgIpc) is 3.05. The van der Waals surface area contributed by atoms with E-state index in [1.807, 2.05) is 0 Å². The van der Waals surface area contributed by atoms with Crippen molar-refractivity contribution in [2.45, 2.75) is 13.3 Å². The summed E-state index contributed by atoms with van der Waals surface area (Å²) in [6.07, 6.45) is 1.76. The van der Waals surface area contributed by atoms with Crippen LogP contribution in [0.1, 0.15) is 17.0 Å². The maximum absolute atomic E-state index is 12.1. The standard InChI is InChI=1S/C15H13N5O4/c1-9-7-10(20(22)23)4-5-12(9)16-15-17-14(21)13(18-19-15)8-11-3-2-6-24-11/h2-7H,8H2,1H3,(H2,16,17,19,21). The normalized spacial score (nSPS) is 10.5. The molecule has 0 aliphatic carbocycles. The van der Waals surface area contributed by atoms with Crippen molar-refractivity contribution in [1.29, 1.82) is 0 Å². The summed E-state index contributed by atoms with van der Waals surface area (Å²) in [7, 11) is 0. The molecule has 0 saturated carbocycles. The predicted octanol–water partition coefficient (Wildman–Crippen LogP) is 2.31. The minimum Gasteiger partial charge on any atom is -0.469 e. The van der Waals surface area contributed by atoms with Crippen molar-refractivity contribution >= 4 is 17.3 Å². The first-order valence-electron chi connectivity index (χ1n) is 7.03. The first-order chi connectivity index (χ1) is 11.5. The van der Waals surface area contributed by atoms with Crippen molar-refractivity contribution in [3.8, 4) is 0 Å². The van der Waals surface area contributed by atoms with Gasteiger partial charge in [0.05, 0.1) is 17.6 Å². The van der Waals surface area contributed by atoms with E-state index < -0.39 is 4.92 Å². The molecule has 0 radical (unpaired) electrons. The van der Waals surface area contributed by atoms with Crippen LogP contribution in [0.5, 0.6) is 0 Å². The molecule has 0 bridgehead atoms. The van der Waals surface area contributed by atoms with Crippen molar-refractivity contribution in [2.24, 2.45) is 0 Å². The van der Waals surface area contributed by atoms with Crippen molar-refractivity contribution in [1.82, 2.24) is 15.2 Å². The molecule has 122 valence electrons. The quantitative estimate of drug-likeness (QED) is 0.543. The van der Waals surface area contributed by atoms with E-state index >= 15 is 0 Å². The van der Waals surface area contributed by atoms with Gasteiger partial charge < -0.3 is 9.73 Å². The Morgan fingerprint density at radius 1 is 1.33 bits per heavy atom. The van der Waals surface area contributed by atoms with Crippen molar-refractivity contribution < 1.29 is 9.34 Å². The predicted molar refractivity (Wildman–Crippen MR) is 85.3 cm³/mol. The lowest BCUT2D eigenvalue weighted by Gasteiger charge is -2.08. The Labute approximate surface area is 135 Å². The highest BCUT2D eigenvalue weighted by atomic mass is 16.6. The van der Waals surface area contributed by atoms with Gasteiger partial charge in [-0.15, -0.1) is 10.2 Å². The summed E-state index contributed by atoms with van der Waals surface area (Å²) < 4.78 is 5.17. The Morgan fingerprint density at radius 3 is 2.79 bits per heavy atom. The largest absolute Gasteiger partial charge is 0.469 e. The van der Waals surface area contributed by atoms with Gasteiger partial charge in [0.15, 0.2) is 0 Å². The minimum atomic E-state index is -0.470. The number of aryl methyl sites for hydroxylation is 1. The second kappa shape index (κ2) is 6.32. The van der Waals surface area contributed by atoms with E-state index in [9.17, 15) is 14.9 Å². The van der Waals surface area contributed by atoms with Gasteiger partial charge in [-0.3, -0.25) is 19.9 Å². The Kier molecular flexibility index (Phi) is 4.06. The van der Waals surface area contributed by atoms with Gasteiger partial charge >= 0.3 is 0 Å². The van der Waals surface area contributed by atoms with Crippen molar-refractivity contribution in [3.63, 3.8) is 0 Å². The molecule has 2 N–H and O–H groups in total. The summed E-state index contributed by atoms with van der Waals surface area (Å²) in [6.45, 7) is 1.71. The van der Waals surface area contributed by atoms with Gasteiger partial charge in [-0.25, -0.2) is 0 Å². The third-order valence-corrected chi connectivity index (χ3v) is 3.36. The van der Waals surface area contributed by atoms with Gasteiger partial charge in [-0.05, 0) is 30.7 Å². The first kappa shape index (κ1) is 15.4. The summed E-state index contributed by atoms with van der Waals surface area (Å²) in [5, 5.41) is 21.5. The van der Waals surface area contributed by atoms with Crippen LogP contribution in [0.15, 0.2) is 45.8 Å². The highest BCUT2D eigenvalue weighted by Crippen LogP contribution is 2.22. The SMILES string of the molecule is Cc1cc([N+](=O)[O-])ccc1Nc1nnc(Cc2ccco2)c(=O)[nH]1. The summed E-state index contributed by atoms with van der Waals surface area (Å²) in [4.78, 5) is 24.9. The lowest BCUT2D eigenvalue weighted by molar-refractivity contribution is -0.384. The van der Waals surface area contributed by atoms with Crippen LogP contribution >= 0.6 is 0 Å². The van der Waals surface area contributed by atoms with Crippen molar-refractivity contribution in [2.75, 3.05) is 5.32 Å². The van der Waals surface area contributed by atoms with E-state index in [1.165, 1.54) is 18.4 Å². The number of H-pyrrole nitrogens is 1. The molecular formula is C15H13N5O4. The lowest BCUT2D eigenvalue weighted by Crippen LogP contribution is -2.18. The van der Waals surface area contributed by atoms with E-state index in [2.05, 4.69) is 20.5 Å². The molecule has 0 atom stereocenters. The number of aromatic amines is 1. The number of furan rings is 1. The highest BCUT2D eigenvalue weighted by molar-refractivity contribution is 5.60. The second-order valence-electron chi connectivity index (χ2n) is 5.09. The minimum absolute atomic E-state index is 0.00794. The number of non-ortho nitro benzene ring substituents is 1. The average molecular weight is 327 g/mol. The molecule has 24 heavy (non-hydrogen) atoms. The molecule has 3 rings (SSSR count). The van der Waals surface area contributed by atoms with E-state index in [0.717, 1.165) is 0 Å². The van der Waals surface area contributed by atoms with Gasteiger partial charge in [-0.2, -0.15) is 0 Å². The molecule has 0 aliphatic heterocycles. The maximum atomic E-state index is 12.1. The van der Waals surface area contributed by atoms with Crippen LogP contribution in [0.4, 0.5) is 17.3 Å². The molecule has 0 aliphatic rings. The Balaban J connectivity index is 1.80. The smallest absolute Gasteiger partial charge is 0.274 e. The molecular weight excluding hydrogens is 314 g/mol. The molecule has 0 fully saturated rings. The Bertz CT molecular complexity index is 933. The van der Waals surface area contributed by atoms with E-state index in [-0.39, 0.29) is 29.3 Å². The number of benzene rings is 1. The fourth-order valence-corrected chi connectivity index (χ4v) is 2.14. The summed E-state index contributed by atoms with van der Waals surface area (Å²) in [6, 6.07) is 7.81. The van der Waals surface area contributed by atoms with Crippen LogP contribution in [0.3, 0.4) is 0 Å². The van der Waals surface area contributed by atoms with Crippen LogP contribution in [-0.4, -0.2) is 20.1 Å². The first-order valence-corrected chi connectivity index (χ1v) is 7.03. The second-order valence-corrected chi connectivity index (χ2v) is 5.09. The fraction of sp³-hybridized carbons (Fsp3) is 0.133. The topological polar surface area (TPSA) is 127 Å². The molecule has 1 aromatic carbocycles. The number of hydrogen-bond donors (Lipinski definition) is 2. The number of hydrogen-bond acceptors (Lipinski definition) is 7. The Hall–Kier alpha value is -3.49. The summed E-state index contributed by atoms with van der Waals surface area (Å²) in [5.41, 5.74) is 1.07. The number of aromatic nitrogens is 3. The van der Waals surface area contributed by atoms with Crippen LogP contribution in [-0.2, 0) is 6.42 Å². The molecule has 3 aromatic rings. The Morgan fingerprint density at radius 2 is 2.17 bits per heavy atom. The zero-order chi connectivity index (χ0) is 17.1. The molecule has 9 heteroatoms. The van der Waals surface area contributed by atoms with Crippen LogP contribution in [0.2, 0.25) is 0 Å². The van der Waals surface area contributed by atoms with Crippen LogP contribution in [0, 0.1) is 17.0 Å². The fourth-order valence-electron chi connectivity index (χ4n) is 2.14. The third-order valence-electron chi connectivity index (χ3n) is 3.36. The van der Waals surface area contributed by atoms with E-state index in [1.54, 1.807) is 25.1 Å². The van der Waals surface area contributed by atoms with Gasteiger partial charge in [0.25, 0.3) is 11.2 Å². The molecule has 2 heterocycles. The maximum Gasteiger partial charge on any atom is 0.274 e. The van der Waals surface area contributed by atoms with Crippen LogP contribution in [0.25, 0.3) is 0 Å². The van der Waals surface area contributed by atoms with Gasteiger partial charge in [0.1, 0.15) is 11.5 Å². The molecule has 2 aromatic heterocycles. The molecule has 0 spiro atoms. The summed E-state index contributed by atoms with van der Waals surface area (Å²) >= 11 is 0. The zero-order valence-corrected chi connectivity index (χ0v) is 12.6. The third kappa shape index (κ3) is 3.29. The monoisotopic (exact) mass is 327 g/mol. The highest BCUT2D eigenvalue weighted by Gasteiger charge is 2.11. The number of nitrogens with zero attached hydrogens (tertiary/aromatic N) is 3. The number of nitrogens with one attached hydrogen (secondary N) is 2. The zero-order valence-electron chi connectivity index (χ0n) is 12.6. The number of nitro groups is 1. The molecule has 9 nitrogen and oxygen atoms in total. The summed E-state index contributed by atoms with van der Waals surface area (Å²) in [5.74, 6) is 0.766. The van der Waals surface area contributed by atoms with Crippen molar-refractivity contribution in [3.05, 3.63) is 74.1 Å². The molecule has 0 saturated heterocycles. The van der Waals surface area contributed by atoms with Gasteiger partial charge in [0, 0.05) is 17.8 Å². The number of anilines is 2. The number of rotatable bonds is 5. The van der Waals surface area contributed by atoms with E-state index in [0.29, 0.717) is 17.0 Å². The molecule has 0 unspecified atom stereocenters. The van der Waals surface area contributed by atoms with Gasteiger partial charge in [0.2, 0.25) is 5.95 Å². The lowest BCUT2D eigenvalue weighted by atomic mass is 10.2. The van der Waals surface area contributed by atoms with E-state index in [4.69, 9.17) is 4.42 Å². The number of nitro benzene ring substituents is 1.